The van der Waals surface area contributed by atoms with Crippen molar-refractivity contribution in [2.45, 2.75) is 32.7 Å². The Hall–Kier alpha value is -2.21. The summed E-state index contributed by atoms with van der Waals surface area (Å²) >= 11 is 6.30. The zero-order chi connectivity index (χ0) is 16.6. The molecule has 1 N–H and O–H groups in total. The smallest absolute Gasteiger partial charge is 0.290 e. The second-order valence-electron chi connectivity index (χ2n) is 5.30. The first-order valence-corrected chi connectivity index (χ1v) is 7.84. The summed E-state index contributed by atoms with van der Waals surface area (Å²) in [6.45, 7) is 4.01. The van der Waals surface area contributed by atoms with Crippen molar-refractivity contribution >= 4 is 22.8 Å². The predicted octanol–water partition coefficient (Wildman–Crippen LogP) is 3.94. The van der Waals surface area contributed by atoms with Crippen LogP contribution < -0.4 is 5.69 Å². The highest BCUT2D eigenvalue weighted by atomic mass is 35.5. The summed E-state index contributed by atoms with van der Waals surface area (Å²) in [5.74, 6) is -0.494. The summed E-state index contributed by atoms with van der Waals surface area (Å²) in [5.41, 5.74) is 1.43. The number of fused-ring (bicyclic) bond motifs is 1. The fourth-order valence-electron chi connectivity index (χ4n) is 2.90. The van der Waals surface area contributed by atoms with Crippen LogP contribution in [0.2, 0.25) is 5.02 Å². The van der Waals surface area contributed by atoms with Crippen LogP contribution in [0.3, 0.4) is 0 Å². The van der Waals surface area contributed by atoms with E-state index in [0.29, 0.717) is 27.3 Å². The van der Waals surface area contributed by atoms with Crippen LogP contribution in [0.1, 0.15) is 32.7 Å². The van der Waals surface area contributed by atoms with Crippen LogP contribution in [0.5, 0.6) is 0 Å². The number of rotatable bonds is 4. The lowest BCUT2D eigenvalue weighted by Crippen LogP contribution is -2.21. The van der Waals surface area contributed by atoms with Gasteiger partial charge >= 0.3 is 5.69 Å². The van der Waals surface area contributed by atoms with Gasteiger partial charge in [-0.25, -0.2) is 14.2 Å². The minimum Gasteiger partial charge on any atom is -0.290 e. The molecule has 23 heavy (non-hydrogen) atoms. The molecule has 5 nitrogen and oxygen atoms in total. The first-order valence-electron chi connectivity index (χ1n) is 7.47. The third kappa shape index (κ3) is 2.53. The summed E-state index contributed by atoms with van der Waals surface area (Å²) in [6, 6.07) is 1.53. The number of hydrogen-bond donors (Lipinski definition) is 1. The van der Waals surface area contributed by atoms with E-state index in [4.69, 9.17) is 11.6 Å². The minimum atomic E-state index is -0.494. The lowest BCUT2D eigenvalue weighted by atomic mass is 10.1. The molecule has 0 radical (unpaired) electrons. The van der Waals surface area contributed by atoms with Crippen LogP contribution in [0.4, 0.5) is 4.39 Å². The Morgan fingerprint density at radius 1 is 1.35 bits per heavy atom. The number of nitrogens with one attached hydrogen (secondary N) is 1. The molecule has 0 unspecified atom stereocenters. The van der Waals surface area contributed by atoms with Gasteiger partial charge in [0.1, 0.15) is 5.82 Å². The number of aromatic nitrogens is 4. The maximum atomic E-state index is 14.2. The molecule has 120 valence electrons. The molecule has 0 aliphatic heterocycles. The van der Waals surface area contributed by atoms with E-state index < -0.39 is 5.82 Å². The van der Waals surface area contributed by atoms with Crippen molar-refractivity contribution in [3.8, 4) is 11.1 Å². The highest BCUT2D eigenvalue weighted by molar-refractivity contribution is 6.34. The molecule has 0 atom stereocenters. The highest BCUT2D eigenvalue weighted by Gasteiger charge is 2.22. The summed E-state index contributed by atoms with van der Waals surface area (Å²) in [6.07, 6.45) is 5.59. The summed E-state index contributed by atoms with van der Waals surface area (Å²) in [7, 11) is 0. The van der Waals surface area contributed by atoms with Gasteiger partial charge in [0.2, 0.25) is 0 Å². The zero-order valence-electron chi connectivity index (χ0n) is 12.8. The maximum Gasteiger partial charge on any atom is 0.327 e. The quantitative estimate of drug-likeness (QED) is 0.786. The van der Waals surface area contributed by atoms with Crippen LogP contribution in [-0.2, 0) is 0 Å². The average molecular weight is 335 g/mol. The van der Waals surface area contributed by atoms with Gasteiger partial charge in [0.15, 0.2) is 5.65 Å². The third-order valence-electron chi connectivity index (χ3n) is 4.04. The SMILES string of the molecule is CCC(CC)n1c(=O)[nH]c2ncc(Cl)c(-c3ccncc3F)c21. The van der Waals surface area contributed by atoms with Crippen molar-refractivity contribution in [3.05, 3.63) is 46.0 Å². The molecule has 0 spiro atoms. The second kappa shape index (κ2) is 6.12. The van der Waals surface area contributed by atoms with Crippen LogP contribution in [0.25, 0.3) is 22.3 Å². The van der Waals surface area contributed by atoms with Crippen molar-refractivity contribution in [2.75, 3.05) is 0 Å². The van der Waals surface area contributed by atoms with Gasteiger partial charge in [0.25, 0.3) is 0 Å². The van der Waals surface area contributed by atoms with E-state index in [0.717, 1.165) is 19.0 Å². The standard InChI is InChI=1S/C16H16ClFN4O/c1-3-9(4-2)22-14-13(10-5-6-19-8-12(10)18)11(17)7-20-15(14)21-16(22)23/h5-9H,3-4H2,1-2H3,(H,20,21,23). The summed E-state index contributed by atoms with van der Waals surface area (Å²) < 4.78 is 15.9. The van der Waals surface area contributed by atoms with Crippen LogP contribution in [0.15, 0.2) is 29.5 Å². The van der Waals surface area contributed by atoms with Crippen LogP contribution in [0, 0.1) is 5.82 Å². The van der Waals surface area contributed by atoms with Gasteiger partial charge in [-0.2, -0.15) is 0 Å². The number of nitrogens with zero attached hydrogens (tertiary/aromatic N) is 3. The van der Waals surface area contributed by atoms with Crippen LogP contribution >= 0.6 is 11.6 Å². The first kappa shape index (κ1) is 15.7. The summed E-state index contributed by atoms with van der Waals surface area (Å²) in [4.78, 5) is 23.1. The summed E-state index contributed by atoms with van der Waals surface area (Å²) in [5, 5.41) is 0.293. The molecule has 0 aromatic carbocycles. The molecular formula is C16H16ClFN4O. The van der Waals surface area contributed by atoms with Gasteiger partial charge in [-0.05, 0) is 18.9 Å². The van der Waals surface area contributed by atoms with Crippen molar-refractivity contribution in [2.24, 2.45) is 0 Å². The van der Waals surface area contributed by atoms with E-state index in [-0.39, 0.29) is 11.7 Å². The Balaban J connectivity index is 2.44. The molecule has 0 amide bonds. The molecule has 3 rings (SSSR count). The molecule has 0 aliphatic carbocycles. The van der Waals surface area contributed by atoms with E-state index >= 15 is 0 Å². The van der Waals surface area contributed by atoms with E-state index in [9.17, 15) is 9.18 Å². The molecule has 3 aromatic rings. The Labute approximate surface area is 137 Å². The van der Waals surface area contributed by atoms with Crippen molar-refractivity contribution < 1.29 is 4.39 Å². The third-order valence-corrected chi connectivity index (χ3v) is 4.33. The molecule has 0 aliphatic rings. The molecule has 0 fully saturated rings. The Bertz CT molecular complexity index is 914. The lowest BCUT2D eigenvalue weighted by Gasteiger charge is -2.17. The highest BCUT2D eigenvalue weighted by Crippen LogP contribution is 2.35. The Morgan fingerprint density at radius 3 is 2.74 bits per heavy atom. The molecule has 0 bridgehead atoms. The Morgan fingerprint density at radius 2 is 2.09 bits per heavy atom. The van der Waals surface area contributed by atoms with E-state index in [1.54, 1.807) is 10.6 Å². The number of hydrogen-bond acceptors (Lipinski definition) is 3. The number of halogens is 2. The van der Waals surface area contributed by atoms with Gasteiger partial charge in [0, 0.05) is 29.6 Å². The Kier molecular flexibility index (Phi) is 4.17. The topological polar surface area (TPSA) is 63.6 Å². The van der Waals surface area contributed by atoms with Crippen LogP contribution in [-0.4, -0.2) is 19.5 Å². The zero-order valence-corrected chi connectivity index (χ0v) is 13.6. The van der Waals surface area contributed by atoms with Gasteiger partial charge in [-0.3, -0.25) is 14.5 Å². The van der Waals surface area contributed by atoms with Crippen molar-refractivity contribution in [1.82, 2.24) is 19.5 Å². The maximum absolute atomic E-state index is 14.2. The number of aromatic amines is 1. The normalized spacial score (nSPS) is 11.5. The molecule has 0 saturated carbocycles. The lowest BCUT2D eigenvalue weighted by molar-refractivity contribution is 0.471. The molecule has 7 heteroatoms. The second-order valence-corrected chi connectivity index (χ2v) is 5.71. The van der Waals surface area contributed by atoms with Gasteiger partial charge < -0.3 is 0 Å². The van der Waals surface area contributed by atoms with Crippen molar-refractivity contribution in [3.63, 3.8) is 0 Å². The molecular weight excluding hydrogens is 319 g/mol. The fourth-order valence-corrected chi connectivity index (χ4v) is 3.14. The van der Waals surface area contributed by atoms with Gasteiger partial charge in [0.05, 0.1) is 16.7 Å². The predicted molar refractivity (Wildman–Crippen MR) is 88.2 cm³/mol. The largest absolute Gasteiger partial charge is 0.327 e. The van der Waals surface area contributed by atoms with E-state index in [1.807, 2.05) is 13.8 Å². The molecule has 3 aromatic heterocycles. The monoisotopic (exact) mass is 334 g/mol. The average Bonchev–Trinajstić information content (AvgIpc) is 2.87. The van der Waals surface area contributed by atoms with E-state index in [1.165, 1.54) is 12.4 Å². The fraction of sp³-hybridized carbons (Fsp3) is 0.312. The van der Waals surface area contributed by atoms with E-state index in [2.05, 4.69) is 15.0 Å². The van der Waals surface area contributed by atoms with Gasteiger partial charge in [-0.15, -0.1) is 0 Å². The number of pyridine rings is 2. The first-order chi connectivity index (χ1) is 11.1. The minimum absolute atomic E-state index is 0.0137. The van der Waals surface area contributed by atoms with Gasteiger partial charge in [-0.1, -0.05) is 25.4 Å². The number of imidazole rings is 1. The number of H-pyrrole nitrogens is 1. The van der Waals surface area contributed by atoms with Crippen molar-refractivity contribution in [1.29, 1.82) is 0 Å². The molecule has 0 saturated heterocycles. The molecule has 3 heterocycles.